The number of hydrogen-bond acceptors (Lipinski definition) is 6. The van der Waals surface area contributed by atoms with E-state index < -0.39 is 0 Å². The van der Waals surface area contributed by atoms with Gasteiger partial charge in [0.2, 0.25) is 0 Å². The number of nitrogens with zero attached hydrogens (tertiary/aromatic N) is 4. The molecule has 6 heteroatoms. The minimum atomic E-state index is 0.789. The van der Waals surface area contributed by atoms with Gasteiger partial charge in [-0.2, -0.15) is 0 Å². The number of thiazole rings is 1. The average Bonchev–Trinajstić information content (AvgIpc) is 3.20. The molecule has 5 nitrogen and oxygen atoms in total. The van der Waals surface area contributed by atoms with Gasteiger partial charge < -0.3 is 10.2 Å². The number of anilines is 3. The van der Waals surface area contributed by atoms with E-state index in [1.54, 1.807) is 17.5 Å². The van der Waals surface area contributed by atoms with Crippen molar-refractivity contribution < 1.29 is 0 Å². The van der Waals surface area contributed by atoms with E-state index in [1.165, 1.54) is 32.1 Å². The Labute approximate surface area is 164 Å². The van der Waals surface area contributed by atoms with Crippen LogP contribution in [-0.2, 0) is 0 Å². The van der Waals surface area contributed by atoms with Crippen molar-refractivity contribution in [1.82, 2.24) is 15.0 Å². The molecule has 4 rings (SSSR count). The van der Waals surface area contributed by atoms with Crippen molar-refractivity contribution >= 4 is 28.1 Å². The van der Waals surface area contributed by atoms with Crippen LogP contribution >= 0.6 is 11.3 Å². The highest BCUT2D eigenvalue weighted by molar-refractivity contribution is 7.18. The van der Waals surface area contributed by atoms with Crippen LogP contribution in [0.15, 0.2) is 48.8 Å². The Balaban J connectivity index is 1.45. The van der Waals surface area contributed by atoms with Crippen molar-refractivity contribution in [3.8, 4) is 10.6 Å². The quantitative estimate of drug-likeness (QED) is 0.625. The van der Waals surface area contributed by atoms with Gasteiger partial charge in [-0.1, -0.05) is 42.7 Å². The SMILES string of the molecule is CN(CC1CCCCC1)c1ncc(-c2cccc(Nc3ccccn3)n2)s1. The first-order chi connectivity index (χ1) is 13.3. The lowest BCUT2D eigenvalue weighted by Gasteiger charge is -2.26. The standard InChI is InChI=1S/C21H25N5S/c1-26(15-16-8-3-2-4-9-16)21-23-14-18(27-21)17-10-7-12-20(24-17)25-19-11-5-6-13-22-19/h5-7,10-14,16H,2-4,8-9,15H2,1H3,(H,22,24,25). The first-order valence-corrected chi connectivity index (χ1v) is 10.4. The Kier molecular flexibility index (Phi) is 5.63. The summed E-state index contributed by atoms with van der Waals surface area (Å²) in [5.41, 5.74) is 0.936. The van der Waals surface area contributed by atoms with Crippen LogP contribution in [-0.4, -0.2) is 28.5 Å². The Hall–Kier alpha value is -2.47. The molecule has 0 aromatic carbocycles. The number of nitrogens with one attached hydrogen (secondary N) is 1. The van der Waals surface area contributed by atoms with Crippen LogP contribution in [0.5, 0.6) is 0 Å². The van der Waals surface area contributed by atoms with E-state index in [-0.39, 0.29) is 0 Å². The van der Waals surface area contributed by atoms with Crippen LogP contribution in [0.3, 0.4) is 0 Å². The van der Waals surface area contributed by atoms with E-state index in [0.717, 1.165) is 39.8 Å². The largest absolute Gasteiger partial charge is 0.351 e. The zero-order chi connectivity index (χ0) is 18.5. The molecule has 3 aromatic rings. The molecule has 1 aliphatic rings. The van der Waals surface area contributed by atoms with Gasteiger partial charge in [0.15, 0.2) is 5.13 Å². The molecule has 0 amide bonds. The van der Waals surface area contributed by atoms with Crippen LogP contribution in [0.25, 0.3) is 10.6 Å². The molecule has 1 aliphatic carbocycles. The van der Waals surface area contributed by atoms with Gasteiger partial charge in [-0.25, -0.2) is 15.0 Å². The molecule has 0 atom stereocenters. The Morgan fingerprint density at radius 1 is 1.04 bits per heavy atom. The second-order valence-corrected chi connectivity index (χ2v) is 8.15. The maximum absolute atomic E-state index is 4.73. The third-order valence-corrected chi connectivity index (χ3v) is 6.13. The lowest BCUT2D eigenvalue weighted by atomic mass is 9.89. The number of aromatic nitrogens is 3. The molecule has 27 heavy (non-hydrogen) atoms. The molecule has 1 fully saturated rings. The number of rotatable bonds is 6. The summed E-state index contributed by atoms with van der Waals surface area (Å²) < 4.78 is 0. The molecule has 0 aliphatic heterocycles. The second-order valence-electron chi connectivity index (χ2n) is 7.14. The summed E-state index contributed by atoms with van der Waals surface area (Å²) in [7, 11) is 2.16. The van der Waals surface area contributed by atoms with Gasteiger partial charge in [-0.05, 0) is 43.0 Å². The molecular formula is C21H25N5S. The number of pyridine rings is 2. The van der Waals surface area contributed by atoms with E-state index in [9.17, 15) is 0 Å². The maximum atomic E-state index is 4.73. The molecule has 3 aromatic heterocycles. The predicted octanol–water partition coefficient (Wildman–Crippen LogP) is 5.36. The first kappa shape index (κ1) is 17.9. The molecule has 3 heterocycles. The summed E-state index contributed by atoms with van der Waals surface area (Å²) in [6, 6.07) is 11.8. The lowest BCUT2D eigenvalue weighted by molar-refractivity contribution is 0.362. The zero-order valence-electron chi connectivity index (χ0n) is 15.6. The van der Waals surface area contributed by atoms with Crippen molar-refractivity contribution in [3.05, 3.63) is 48.8 Å². The van der Waals surface area contributed by atoms with Gasteiger partial charge in [0.1, 0.15) is 11.6 Å². The molecular weight excluding hydrogens is 354 g/mol. The highest BCUT2D eigenvalue weighted by Crippen LogP contribution is 2.32. The van der Waals surface area contributed by atoms with Crippen LogP contribution < -0.4 is 10.2 Å². The van der Waals surface area contributed by atoms with Crippen molar-refractivity contribution in [1.29, 1.82) is 0 Å². The van der Waals surface area contributed by atoms with E-state index in [0.29, 0.717) is 0 Å². The summed E-state index contributed by atoms with van der Waals surface area (Å²) in [5, 5.41) is 4.32. The molecule has 0 bridgehead atoms. The van der Waals surface area contributed by atoms with E-state index >= 15 is 0 Å². The fourth-order valence-corrected chi connectivity index (χ4v) is 4.46. The Morgan fingerprint density at radius 2 is 1.89 bits per heavy atom. The van der Waals surface area contributed by atoms with Crippen molar-refractivity contribution in [2.24, 2.45) is 5.92 Å². The van der Waals surface area contributed by atoms with Gasteiger partial charge >= 0.3 is 0 Å². The van der Waals surface area contributed by atoms with Crippen LogP contribution in [0.2, 0.25) is 0 Å². The third kappa shape index (κ3) is 4.63. The van der Waals surface area contributed by atoms with E-state index in [4.69, 9.17) is 4.98 Å². The van der Waals surface area contributed by atoms with Crippen molar-refractivity contribution in [3.63, 3.8) is 0 Å². The maximum Gasteiger partial charge on any atom is 0.185 e. The first-order valence-electron chi connectivity index (χ1n) is 9.60. The normalized spacial score (nSPS) is 14.9. The van der Waals surface area contributed by atoms with Gasteiger partial charge in [-0.3, -0.25) is 0 Å². The molecule has 1 saturated carbocycles. The Morgan fingerprint density at radius 3 is 2.70 bits per heavy atom. The van der Waals surface area contributed by atoms with Gasteiger partial charge in [0.05, 0.1) is 10.6 Å². The molecule has 0 saturated heterocycles. The lowest BCUT2D eigenvalue weighted by Crippen LogP contribution is -2.26. The summed E-state index contributed by atoms with van der Waals surface area (Å²) in [4.78, 5) is 17.1. The zero-order valence-corrected chi connectivity index (χ0v) is 16.5. The summed E-state index contributed by atoms with van der Waals surface area (Å²) in [6.45, 7) is 1.10. The predicted molar refractivity (Wildman–Crippen MR) is 113 cm³/mol. The van der Waals surface area contributed by atoms with Gasteiger partial charge in [0.25, 0.3) is 0 Å². The highest BCUT2D eigenvalue weighted by Gasteiger charge is 2.17. The Bertz CT molecular complexity index is 858. The van der Waals surface area contributed by atoms with E-state index in [2.05, 4.69) is 27.2 Å². The minimum absolute atomic E-state index is 0.789. The number of hydrogen-bond donors (Lipinski definition) is 1. The molecule has 0 spiro atoms. The highest BCUT2D eigenvalue weighted by atomic mass is 32.1. The van der Waals surface area contributed by atoms with Crippen LogP contribution in [0, 0.1) is 5.92 Å². The smallest absolute Gasteiger partial charge is 0.185 e. The molecule has 140 valence electrons. The summed E-state index contributed by atoms with van der Waals surface area (Å²) >= 11 is 1.71. The molecule has 0 radical (unpaired) electrons. The van der Waals surface area contributed by atoms with Crippen LogP contribution in [0.1, 0.15) is 32.1 Å². The van der Waals surface area contributed by atoms with Gasteiger partial charge in [-0.15, -0.1) is 0 Å². The summed E-state index contributed by atoms with van der Waals surface area (Å²) in [6.07, 6.45) is 10.6. The van der Waals surface area contributed by atoms with Crippen molar-refractivity contribution in [2.75, 3.05) is 23.8 Å². The summed E-state index contributed by atoms with van der Waals surface area (Å²) in [5.74, 6) is 2.39. The molecule has 0 unspecified atom stereocenters. The second kappa shape index (κ2) is 8.48. The van der Waals surface area contributed by atoms with Gasteiger partial charge in [0, 0.05) is 26.0 Å². The fourth-order valence-electron chi connectivity index (χ4n) is 3.60. The minimum Gasteiger partial charge on any atom is -0.351 e. The topological polar surface area (TPSA) is 53.9 Å². The van der Waals surface area contributed by atoms with E-state index in [1.807, 2.05) is 42.6 Å². The fraction of sp³-hybridized carbons (Fsp3) is 0.381. The monoisotopic (exact) mass is 379 g/mol. The molecule has 1 N–H and O–H groups in total. The third-order valence-electron chi connectivity index (χ3n) is 5.00. The van der Waals surface area contributed by atoms with Crippen LogP contribution in [0.4, 0.5) is 16.8 Å². The average molecular weight is 380 g/mol. The van der Waals surface area contributed by atoms with Crippen molar-refractivity contribution in [2.45, 2.75) is 32.1 Å².